The number of benzene rings is 1. The summed E-state index contributed by atoms with van der Waals surface area (Å²) >= 11 is 0. The maximum Gasteiger partial charge on any atom is 0.0575 e. The van der Waals surface area contributed by atoms with Crippen LogP contribution in [-0.2, 0) is 6.42 Å². The number of hydrogen-bond donors (Lipinski definition) is 0. The fraction of sp³-hybridized carbons (Fsp3) is 0.188. The van der Waals surface area contributed by atoms with Crippen LogP contribution < -0.4 is 0 Å². The fourth-order valence-electron chi connectivity index (χ4n) is 2.41. The molecular formula is C16H15N3. The van der Waals surface area contributed by atoms with Crippen molar-refractivity contribution in [3.63, 3.8) is 0 Å². The van der Waals surface area contributed by atoms with Crippen molar-refractivity contribution < 1.29 is 0 Å². The number of aryl methyl sites for hydroxylation is 2. The van der Waals surface area contributed by atoms with Gasteiger partial charge in [-0.1, -0.05) is 24.6 Å². The summed E-state index contributed by atoms with van der Waals surface area (Å²) in [5, 5.41) is 10.2. The molecular weight excluding hydrogens is 234 g/mol. The number of aromatic nitrogens is 3. The highest BCUT2D eigenvalue weighted by Gasteiger charge is 2.10. The van der Waals surface area contributed by atoms with Crippen molar-refractivity contribution in [3.8, 4) is 11.1 Å². The Morgan fingerprint density at radius 2 is 1.95 bits per heavy atom. The lowest BCUT2D eigenvalue weighted by Crippen LogP contribution is -1.95. The number of rotatable bonds is 2. The van der Waals surface area contributed by atoms with Crippen LogP contribution in [0.15, 0.2) is 42.9 Å². The molecule has 19 heavy (non-hydrogen) atoms. The monoisotopic (exact) mass is 249 g/mol. The highest BCUT2D eigenvalue weighted by molar-refractivity contribution is 5.97. The van der Waals surface area contributed by atoms with Crippen LogP contribution in [-0.4, -0.2) is 15.2 Å². The number of nitrogens with zero attached hydrogens (tertiary/aromatic N) is 3. The van der Waals surface area contributed by atoms with Crippen LogP contribution in [0.1, 0.15) is 18.2 Å². The van der Waals surface area contributed by atoms with Gasteiger partial charge in [0.15, 0.2) is 0 Å². The Bertz CT molecular complexity index is 721. The van der Waals surface area contributed by atoms with Gasteiger partial charge in [0, 0.05) is 28.4 Å². The molecule has 2 heterocycles. The second-order valence-electron chi connectivity index (χ2n) is 4.66. The van der Waals surface area contributed by atoms with Crippen LogP contribution in [0, 0.1) is 6.92 Å². The van der Waals surface area contributed by atoms with Gasteiger partial charge in [0.2, 0.25) is 0 Å². The quantitative estimate of drug-likeness (QED) is 0.697. The number of hydrogen-bond acceptors (Lipinski definition) is 3. The largest absolute Gasteiger partial charge is 0.260 e. The van der Waals surface area contributed by atoms with E-state index in [0.29, 0.717) is 0 Å². The number of fused-ring (bicyclic) bond motifs is 1. The van der Waals surface area contributed by atoms with E-state index in [4.69, 9.17) is 0 Å². The van der Waals surface area contributed by atoms with Gasteiger partial charge in [0.1, 0.15) is 0 Å². The molecule has 0 atom stereocenters. The zero-order valence-corrected chi connectivity index (χ0v) is 11.1. The predicted molar refractivity (Wildman–Crippen MR) is 76.9 cm³/mol. The molecule has 2 aromatic heterocycles. The molecule has 0 spiro atoms. The zero-order valence-electron chi connectivity index (χ0n) is 11.1. The third-order valence-electron chi connectivity index (χ3n) is 3.33. The Morgan fingerprint density at radius 3 is 2.68 bits per heavy atom. The third-order valence-corrected chi connectivity index (χ3v) is 3.33. The molecule has 0 saturated heterocycles. The maximum atomic E-state index is 4.59. The standard InChI is InChI=1S/C16H15N3/c1-3-15-16(12-6-7-18-19-10-12)14-5-4-11(2)8-13(14)9-17-15/h4-10H,3H2,1-2H3. The van der Waals surface area contributed by atoms with Crippen molar-refractivity contribution in [3.05, 3.63) is 54.1 Å². The first-order valence-corrected chi connectivity index (χ1v) is 6.45. The van der Waals surface area contributed by atoms with Gasteiger partial charge >= 0.3 is 0 Å². The minimum Gasteiger partial charge on any atom is -0.260 e. The van der Waals surface area contributed by atoms with Gasteiger partial charge in [0.25, 0.3) is 0 Å². The summed E-state index contributed by atoms with van der Waals surface area (Å²) in [5.74, 6) is 0. The van der Waals surface area contributed by atoms with Crippen molar-refractivity contribution in [2.45, 2.75) is 20.3 Å². The first-order chi connectivity index (χ1) is 9.29. The topological polar surface area (TPSA) is 38.7 Å². The Labute approximate surface area is 112 Å². The molecule has 3 heteroatoms. The Morgan fingerprint density at radius 1 is 1.05 bits per heavy atom. The molecule has 1 aromatic carbocycles. The molecule has 0 bridgehead atoms. The molecule has 3 nitrogen and oxygen atoms in total. The molecule has 0 fully saturated rings. The lowest BCUT2D eigenvalue weighted by Gasteiger charge is -2.11. The van der Waals surface area contributed by atoms with Crippen molar-refractivity contribution in [1.29, 1.82) is 0 Å². The van der Waals surface area contributed by atoms with Crippen LogP contribution in [0.2, 0.25) is 0 Å². The van der Waals surface area contributed by atoms with E-state index in [-0.39, 0.29) is 0 Å². The first kappa shape index (κ1) is 11.8. The molecule has 0 amide bonds. The number of pyridine rings is 1. The molecule has 3 rings (SSSR count). The van der Waals surface area contributed by atoms with E-state index in [1.807, 2.05) is 12.3 Å². The van der Waals surface area contributed by atoms with Gasteiger partial charge in [0.05, 0.1) is 12.4 Å². The summed E-state index contributed by atoms with van der Waals surface area (Å²) in [5.41, 5.74) is 4.60. The van der Waals surface area contributed by atoms with Gasteiger partial charge in [-0.3, -0.25) is 4.98 Å². The molecule has 0 radical (unpaired) electrons. The summed E-state index contributed by atoms with van der Waals surface area (Å²) in [4.78, 5) is 4.59. The zero-order chi connectivity index (χ0) is 13.2. The van der Waals surface area contributed by atoms with Crippen molar-refractivity contribution in [2.24, 2.45) is 0 Å². The van der Waals surface area contributed by atoms with E-state index in [9.17, 15) is 0 Å². The summed E-state index contributed by atoms with van der Waals surface area (Å²) in [6.07, 6.45) is 6.39. The summed E-state index contributed by atoms with van der Waals surface area (Å²) in [7, 11) is 0. The molecule has 0 aliphatic rings. The van der Waals surface area contributed by atoms with Crippen molar-refractivity contribution in [2.75, 3.05) is 0 Å². The first-order valence-electron chi connectivity index (χ1n) is 6.45. The third kappa shape index (κ3) is 2.08. The van der Waals surface area contributed by atoms with E-state index < -0.39 is 0 Å². The maximum absolute atomic E-state index is 4.59. The minimum absolute atomic E-state index is 0.904. The average Bonchev–Trinajstić information content (AvgIpc) is 2.46. The van der Waals surface area contributed by atoms with E-state index in [0.717, 1.165) is 17.7 Å². The molecule has 0 aliphatic carbocycles. The molecule has 3 aromatic rings. The smallest absolute Gasteiger partial charge is 0.0575 e. The SMILES string of the molecule is CCc1ncc2cc(C)ccc2c1-c1ccnnc1. The van der Waals surface area contributed by atoms with Crippen LogP contribution in [0.4, 0.5) is 0 Å². The Hall–Kier alpha value is -2.29. The average molecular weight is 249 g/mol. The molecule has 94 valence electrons. The second-order valence-corrected chi connectivity index (χ2v) is 4.66. The summed E-state index contributed by atoms with van der Waals surface area (Å²) in [6.45, 7) is 4.22. The van der Waals surface area contributed by atoms with E-state index in [1.54, 1.807) is 12.4 Å². The molecule has 0 aliphatic heterocycles. The van der Waals surface area contributed by atoms with Gasteiger partial charge < -0.3 is 0 Å². The summed E-state index contributed by atoms with van der Waals surface area (Å²) < 4.78 is 0. The van der Waals surface area contributed by atoms with E-state index >= 15 is 0 Å². The van der Waals surface area contributed by atoms with Gasteiger partial charge in [-0.05, 0) is 30.9 Å². The Kier molecular flexibility index (Phi) is 2.95. The van der Waals surface area contributed by atoms with Crippen LogP contribution in [0.25, 0.3) is 21.9 Å². The predicted octanol–water partition coefficient (Wildman–Crippen LogP) is 3.56. The highest BCUT2D eigenvalue weighted by atomic mass is 15.1. The van der Waals surface area contributed by atoms with Crippen molar-refractivity contribution in [1.82, 2.24) is 15.2 Å². The van der Waals surface area contributed by atoms with Crippen LogP contribution in [0.3, 0.4) is 0 Å². The fourth-order valence-corrected chi connectivity index (χ4v) is 2.41. The Balaban J connectivity index is 2.37. The lowest BCUT2D eigenvalue weighted by atomic mass is 9.97. The molecule has 0 saturated carbocycles. The normalized spacial score (nSPS) is 10.8. The second kappa shape index (κ2) is 4.76. The highest BCUT2D eigenvalue weighted by Crippen LogP contribution is 2.31. The van der Waals surface area contributed by atoms with Gasteiger partial charge in [-0.15, -0.1) is 0 Å². The van der Waals surface area contributed by atoms with Crippen LogP contribution in [0.5, 0.6) is 0 Å². The molecule has 0 N–H and O–H groups in total. The molecule has 0 unspecified atom stereocenters. The minimum atomic E-state index is 0.904. The van der Waals surface area contributed by atoms with Gasteiger partial charge in [-0.25, -0.2) is 0 Å². The van der Waals surface area contributed by atoms with E-state index in [2.05, 4.69) is 47.2 Å². The lowest BCUT2D eigenvalue weighted by molar-refractivity contribution is 1.02. The van der Waals surface area contributed by atoms with Gasteiger partial charge in [-0.2, -0.15) is 10.2 Å². The van der Waals surface area contributed by atoms with Crippen LogP contribution >= 0.6 is 0 Å². The van der Waals surface area contributed by atoms with E-state index in [1.165, 1.54) is 21.9 Å². The van der Waals surface area contributed by atoms with Crippen molar-refractivity contribution >= 4 is 10.8 Å². The summed E-state index contributed by atoms with van der Waals surface area (Å²) in [6, 6.07) is 8.46.